The van der Waals surface area contributed by atoms with Crippen LogP contribution in [-0.4, -0.2) is 56.7 Å². The van der Waals surface area contributed by atoms with Gasteiger partial charge in [0.15, 0.2) is 9.84 Å². The zero-order valence-electron chi connectivity index (χ0n) is 22.0. The number of carbonyl (C=O) groups excluding carboxylic acids is 3. The smallest absolute Gasteiger partial charge is 0.417 e. The lowest BCUT2D eigenvalue weighted by Crippen LogP contribution is -2.50. The number of fused-ring (bicyclic) bond motifs is 1. The molecule has 2 aliphatic rings. The first-order chi connectivity index (χ1) is 19.5. The Balaban J connectivity index is 1.51. The third kappa shape index (κ3) is 6.11. The van der Waals surface area contributed by atoms with Crippen molar-refractivity contribution in [1.29, 1.82) is 0 Å². The minimum Gasteiger partial charge on any atom is -0.446 e. The molecule has 2 atom stereocenters. The number of amides is 3. The van der Waals surface area contributed by atoms with Crippen molar-refractivity contribution < 1.29 is 27.5 Å². The van der Waals surface area contributed by atoms with Crippen LogP contribution in [0.1, 0.15) is 38.7 Å². The van der Waals surface area contributed by atoms with Crippen LogP contribution in [0.4, 0.5) is 4.79 Å². The fourth-order valence-corrected chi connectivity index (χ4v) is 6.56. The fraction of sp³-hybridized carbons (Fsp3) is 0.276. The summed E-state index contributed by atoms with van der Waals surface area (Å²) in [5.41, 5.74) is 2.86. The van der Waals surface area contributed by atoms with E-state index in [1.165, 1.54) is 12.1 Å². The summed E-state index contributed by atoms with van der Waals surface area (Å²) in [6, 6.07) is 14.7. The summed E-state index contributed by atoms with van der Waals surface area (Å²) in [6.45, 7) is 1.20. The highest BCUT2D eigenvalue weighted by atomic mass is 35.5. The van der Waals surface area contributed by atoms with E-state index in [0.29, 0.717) is 30.6 Å². The summed E-state index contributed by atoms with van der Waals surface area (Å²) in [7, 11) is -3.53. The quantitative estimate of drug-likeness (QED) is 0.410. The Bertz CT molecular complexity index is 1630. The normalized spacial score (nSPS) is 17.5. The number of imide groups is 1. The summed E-state index contributed by atoms with van der Waals surface area (Å²) in [5.74, 6) is -1.41. The average Bonchev–Trinajstić information content (AvgIpc) is 3.33. The first-order valence-corrected chi connectivity index (χ1v) is 15.5. The number of rotatable bonds is 7. The molecule has 1 saturated heterocycles. The first kappa shape index (κ1) is 29.1. The highest BCUT2D eigenvalue weighted by Gasteiger charge is 2.42. The van der Waals surface area contributed by atoms with Crippen LogP contribution < -0.4 is 10.6 Å². The van der Waals surface area contributed by atoms with Crippen molar-refractivity contribution in [2.75, 3.05) is 19.4 Å². The number of hydrogen-bond donors (Lipinski definition) is 2. The number of sulfone groups is 1. The summed E-state index contributed by atoms with van der Waals surface area (Å²) in [5, 5.41) is 6.29. The highest BCUT2D eigenvalue weighted by molar-refractivity contribution is 7.90. The zero-order chi connectivity index (χ0) is 29.3. The van der Waals surface area contributed by atoms with Crippen LogP contribution in [0.5, 0.6) is 0 Å². The van der Waals surface area contributed by atoms with Gasteiger partial charge in [-0.3, -0.25) is 9.59 Å². The van der Waals surface area contributed by atoms with E-state index in [1.807, 2.05) is 6.07 Å². The van der Waals surface area contributed by atoms with Crippen LogP contribution in [0.25, 0.3) is 0 Å². The standard InChI is InChI=1S/C29H27Cl2N3O6S/c1-41(38,39)20-9-5-6-17(12-20)13-23(28(36)34-24(16-40-29(34)37)18-7-3-2-4-8-18)33-27(35)25-22(30)14-19-15-32-11-10-21(19)26(25)31/h2-9,12,14,23-24,32H,10-11,13,15-16H2,1H3,(H,33,35)/t23-,24?/m0/s1. The minimum absolute atomic E-state index is 0.0280. The van der Waals surface area contributed by atoms with E-state index in [4.69, 9.17) is 27.9 Å². The first-order valence-electron chi connectivity index (χ1n) is 12.9. The molecule has 0 aromatic heterocycles. The number of nitrogens with zero attached hydrogens (tertiary/aromatic N) is 1. The van der Waals surface area contributed by atoms with Crippen LogP contribution in [-0.2, 0) is 38.8 Å². The second kappa shape index (κ2) is 11.8. The van der Waals surface area contributed by atoms with Crippen LogP contribution in [0, 0.1) is 0 Å². The third-order valence-corrected chi connectivity index (χ3v) is 9.00. The summed E-state index contributed by atoms with van der Waals surface area (Å²) >= 11 is 13.2. The Hall–Kier alpha value is -3.44. The maximum Gasteiger partial charge on any atom is 0.417 e. The molecule has 214 valence electrons. The molecule has 0 radical (unpaired) electrons. The van der Waals surface area contributed by atoms with Crippen molar-refractivity contribution in [2.45, 2.75) is 36.4 Å². The molecule has 3 aromatic carbocycles. The lowest BCUT2D eigenvalue weighted by Gasteiger charge is -2.27. The number of benzene rings is 3. The van der Waals surface area contributed by atoms with E-state index in [-0.39, 0.29) is 33.5 Å². The minimum atomic E-state index is -3.53. The van der Waals surface area contributed by atoms with Gasteiger partial charge in [0.1, 0.15) is 18.7 Å². The molecule has 3 amide bonds. The van der Waals surface area contributed by atoms with E-state index in [1.54, 1.807) is 42.5 Å². The number of carbonyl (C=O) groups is 3. The summed E-state index contributed by atoms with van der Waals surface area (Å²) < 4.78 is 29.6. The van der Waals surface area contributed by atoms with Gasteiger partial charge in [0.05, 0.1) is 20.5 Å². The van der Waals surface area contributed by atoms with Crippen molar-refractivity contribution in [3.05, 3.63) is 98.5 Å². The molecule has 12 heteroatoms. The Morgan fingerprint density at radius 3 is 2.61 bits per heavy atom. The predicted octanol–water partition coefficient (Wildman–Crippen LogP) is 4.10. The molecule has 9 nitrogen and oxygen atoms in total. The molecule has 1 unspecified atom stereocenters. The maximum absolute atomic E-state index is 14.0. The lowest BCUT2D eigenvalue weighted by atomic mass is 9.97. The second-order valence-electron chi connectivity index (χ2n) is 9.97. The maximum atomic E-state index is 14.0. The van der Waals surface area contributed by atoms with Crippen molar-refractivity contribution in [3.63, 3.8) is 0 Å². The molecule has 0 spiro atoms. The molecule has 1 fully saturated rings. The van der Waals surface area contributed by atoms with Gasteiger partial charge in [0, 0.05) is 19.2 Å². The van der Waals surface area contributed by atoms with E-state index in [9.17, 15) is 22.8 Å². The molecule has 2 aliphatic heterocycles. The molecule has 0 bridgehead atoms. The number of nitrogens with one attached hydrogen (secondary N) is 2. The van der Waals surface area contributed by atoms with Crippen molar-refractivity contribution >= 4 is 50.9 Å². The molecule has 5 rings (SSSR count). The number of cyclic esters (lactones) is 1. The van der Waals surface area contributed by atoms with E-state index in [2.05, 4.69) is 10.6 Å². The van der Waals surface area contributed by atoms with Gasteiger partial charge in [-0.15, -0.1) is 0 Å². The second-order valence-corrected chi connectivity index (χ2v) is 12.8. The number of ether oxygens (including phenoxy) is 1. The van der Waals surface area contributed by atoms with Gasteiger partial charge in [-0.2, -0.15) is 0 Å². The van der Waals surface area contributed by atoms with Crippen molar-refractivity contribution in [1.82, 2.24) is 15.5 Å². The Labute approximate surface area is 247 Å². The molecular weight excluding hydrogens is 589 g/mol. The number of halogens is 2. The van der Waals surface area contributed by atoms with E-state index < -0.39 is 39.8 Å². The fourth-order valence-electron chi connectivity index (χ4n) is 5.10. The topological polar surface area (TPSA) is 122 Å². The Morgan fingerprint density at radius 1 is 1.12 bits per heavy atom. The van der Waals surface area contributed by atoms with Crippen molar-refractivity contribution in [3.8, 4) is 0 Å². The molecular formula is C29H27Cl2N3O6S. The van der Waals surface area contributed by atoms with Crippen LogP contribution in [0.2, 0.25) is 10.0 Å². The summed E-state index contributed by atoms with van der Waals surface area (Å²) in [6.07, 6.45) is 0.732. The zero-order valence-corrected chi connectivity index (χ0v) is 24.4. The molecule has 41 heavy (non-hydrogen) atoms. The molecule has 2 N–H and O–H groups in total. The van der Waals surface area contributed by atoms with Gasteiger partial charge >= 0.3 is 6.09 Å². The summed E-state index contributed by atoms with van der Waals surface area (Å²) in [4.78, 5) is 41.5. The van der Waals surface area contributed by atoms with E-state index >= 15 is 0 Å². The highest BCUT2D eigenvalue weighted by Crippen LogP contribution is 2.34. The van der Waals surface area contributed by atoms with Crippen molar-refractivity contribution in [2.24, 2.45) is 0 Å². The van der Waals surface area contributed by atoms with Gasteiger partial charge in [-0.25, -0.2) is 18.1 Å². The number of hydrogen-bond acceptors (Lipinski definition) is 7. The Morgan fingerprint density at radius 2 is 1.88 bits per heavy atom. The monoisotopic (exact) mass is 615 g/mol. The average molecular weight is 617 g/mol. The molecule has 2 heterocycles. The van der Waals surface area contributed by atoms with Gasteiger partial charge < -0.3 is 15.4 Å². The van der Waals surface area contributed by atoms with Crippen LogP contribution >= 0.6 is 23.2 Å². The SMILES string of the molecule is CS(=O)(=O)c1cccc(C[C@H](NC(=O)c2c(Cl)cc3c(c2Cl)CCNC3)C(=O)N2C(=O)OCC2c2ccccc2)c1. The predicted molar refractivity (Wildman–Crippen MR) is 154 cm³/mol. The lowest BCUT2D eigenvalue weighted by molar-refractivity contribution is -0.131. The largest absolute Gasteiger partial charge is 0.446 e. The van der Waals surface area contributed by atoms with E-state index in [0.717, 1.165) is 22.3 Å². The van der Waals surface area contributed by atoms with Gasteiger partial charge in [-0.05, 0) is 53.4 Å². The van der Waals surface area contributed by atoms with Crippen LogP contribution in [0.3, 0.4) is 0 Å². The molecule has 0 saturated carbocycles. The van der Waals surface area contributed by atoms with Gasteiger partial charge in [0.2, 0.25) is 0 Å². The molecule has 3 aromatic rings. The van der Waals surface area contributed by atoms with Gasteiger partial charge in [-0.1, -0.05) is 65.7 Å². The van der Waals surface area contributed by atoms with Gasteiger partial charge in [0.25, 0.3) is 11.8 Å². The molecule has 0 aliphatic carbocycles. The van der Waals surface area contributed by atoms with Crippen LogP contribution in [0.15, 0.2) is 65.6 Å². The third-order valence-electron chi connectivity index (χ3n) is 7.17. The Kier molecular flexibility index (Phi) is 8.37.